The summed E-state index contributed by atoms with van der Waals surface area (Å²) in [5.41, 5.74) is 1.13. The topological polar surface area (TPSA) is 114 Å². The SMILES string of the molecule is Cc1sc(NC(=O)c2[nH]ncc2[N+](=O)[O-])nc1-c1ccccc1. The maximum Gasteiger partial charge on any atom is 0.319 e. The van der Waals surface area contributed by atoms with Crippen LogP contribution >= 0.6 is 11.3 Å². The minimum absolute atomic E-state index is 0.205. The Bertz CT molecular complexity index is 872. The second-order valence-electron chi connectivity index (χ2n) is 4.63. The lowest BCUT2D eigenvalue weighted by atomic mass is 10.1. The average Bonchev–Trinajstić information content (AvgIpc) is 3.15. The Labute approximate surface area is 134 Å². The lowest BCUT2D eigenvalue weighted by molar-refractivity contribution is -0.385. The van der Waals surface area contributed by atoms with Crippen molar-refractivity contribution < 1.29 is 9.72 Å². The molecule has 0 fully saturated rings. The van der Waals surface area contributed by atoms with Gasteiger partial charge < -0.3 is 0 Å². The number of nitrogens with zero attached hydrogens (tertiary/aromatic N) is 3. The van der Waals surface area contributed by atoms with E-state index in [1.807, 2.05) is 37.3 Å². The Morgan fingerprint density at radius 3 is 2.78 bits per heavy atom. The second kappa shape index (κ2) is 5.97. The van der Waals surface area contributed by atoms with Crippen LogP contribution in [0.1, 0.15) is 15.4 Å². The molecule has 3 aromatic rings. The van der Waals surface area contributed by atoms with Crippen LogP contribution in [0, 0.1) is 17.0 Å². The summed E-state index contributed by atoms with van der Waals surface area (Å²) < 4.78 is 0. The molecule has 0 saturated carbocycles. The summed E-state index contributed by atoms with van der Waals surface area (Å²) in [6.45, 7) is 1.90. The third kappa shape index (κ3) is 2.94. The van der Waals surface area contributed by atoms with Crippen molar-refractivity contribution in [3.05, 3.63) is 57.2 Å². The van der Waals surface area contributed by atoms with Gasteiger partial charge in [-0.25, -0.2) is 4.98 Å². The molecule has 3 rings (SSSR count). The predicted octanol–water partition coefficient (Wildman–Crippen LogP) is 3.00. The highest BCUT2D eigenvalue weighted by Crippen LogP contribution is 2.30. The van der Waals surface area contributed by atoms with Crippen LogP contribution in [-0.2, 0) is 0 Å². The quantitative estimate of drug-likeness (QED) is 0.564. The summed E-state index contributed by atoms with van der Waals surface area (Å²) in [7, 11) is 0. The molecular weight excluding hydrogens is 318 g/mol. The van der Waals surface area contributed by atoms with Crippen LogP contribution in [0.2, 0.25) is 0 Å². The number of hydrogen-bond acceptors (Lipinski definition) is 6. The van der Waals surface area contributed by atoms with Crippen LogP contribution in [0.25, 0.3) is 11.3 Å². The maximum atomic E-state index is 12.1. The molecular formula is C14H11N5O3S. The van der Waals surface area contributed by atoms with E-state index in [0.29, 0.717) is 5.13 Å². The first kappa shape index (κ1) is 14.9. The van der Waals surface area contributed by atoms with Gasteiger partial charge in [0, 0.05) is 10.4 Å². The Morgan fingerprint density at radius 2 is 2.09 bits per heavy atom. The molecule has 2 heterocycles. The number of anilines is 1. The number of H-pyrrole nitrogens is 1. The first-order chi connectivity index (χ1) is 11.1. The van der Waals surface area contributed by atoms with Gasteiger partial charge in [0.2, 0.25) is 5.69 Å². The number of thiazole rings is 1. The fraction of sp³-hybridized carbons (Fsp3) is 0.0714. The van der Waals surface area contributed by atoms with Crippen LogP contribution in [-0.4, -0.2) is 26.0 Å². The highest BCUT2D eigenvalue weighted by molar-refractivity contribution is 7.16. The molecule has 9 heteroatoms. The first-order valence-corrected chi connectivity index (χ1v) is 7.40. The molecule has 0 aliphatic carbocycles. The fourth-order valence-electron chi connectivity index (χ4n) is 2.06. The molecule has 116 valence electrons. The molecule has 0 bridgehead atoms. The summed E-state index contributed by atoms with van der Waals surface area (Å²) in [5, 5.41) is 19.6. The van der Waals surface area contributed by atoms with Gasteiger partial charge in [0.05, 0.1) is 10.6 Å². The van der Waals surface area contributed by atoms with Crippen LogP contribution in [0.4, 0.5) is 10.8 Å². The van der Waals surface area contributed by atoms with Gasteiger partial charge >= 0.3 is 5.69 Å². The molecule has 8 nitrogen and oxygen atoms in total. The van der Waals surface area contributed by atoms with E-state index < -0.39 is 10.8 Å². The lowest BCUT2D eigenvalue weighted by Gasteiger charge is -1.99. The molecule has 0 aliphatic rings. The molecule has 0 radical (unpaired) electrons. The van der Waals surface area contributed by atoms with E-state index in [2.05, 4.69) is 20.5 Å². The summed E-state index contributed by atoms with van der Waals surface area (Å²) in [4.78, 5) is 27.6. The zero-order chi connectivity index (χ0) is 16.4. The van der Waals surface area contributed by atoms with Crippen LogP contribution < -0.4 is 5.32 Å². The maximum absolute atomic E-state index is 12.1. The van der Waals surface area contributed by atoms with Gasteiger partial charge in [0.25, 0.3) is 5.91 Å². The van der Waals surface area contributed by atoms with Crippen molar-refractivity contribution in [3.63, 3.8) is 0 Å². The highest BCUT2D eigenvalue weighted by Gasteiger charge is 2.24. The van der Waals surface area contributed by atoms with Crippen molar-refractivity contribution in [2.24, 2.45) is 0 Å². The molecule has 0 unspecified atom stereocenters. The number of amides is 1. The van der Waals surface area contributed by atoms with Crippen molar-refractivity contribution in [2.75, 3.05) is 5.32 Å². The molecule has 2 aromatic heterocycles. The van der Waals surface area contributed by atoms with E-state index in [1.165, 1.54) is 11.3 Å². The molecule has 2 N–H and O–H groups in total. The number of nitrogens with one attached hydrogen (secondary N) is 2. The third-order valence-electron chi connectivity index (χ3n) is 3.11. The summed E-state index contributed by atoms with van der Waals surface area (Å²) >= 11 is 1.30. The van der Waals surface area contributed by atoms with E-state index in [-0.39, 0.29) is 11.4 Å². The van der Waals surface area contributed by atoms with Crippen LogP contribution in [0.5, 0.6) is 0 Å². The van der Waals surface area contributed by atoms with Crippen molar-refractivity contribution in [1.29, 1.82) is 0 Å². The zero-order valence-electron chi connectivity index (χ0n) is 11.9. The number of hydrogen-bond donors (Lipinski definition) is 2. The van der Waals surface area contributed by atoms with Crippen molar-refractivity contribution in [1.82, 2.24) is 15.2 Å². The lowest BCUT2D eigenvalue weighted by Crippen LogP contribution is -2.14. The van der Waals surface area contributed by atoms with Crippen LogP contribution in [0.15, 0.2) is 36.5 Å². The molecule has 23 heavy (non-hydrogen) atoms. The Balaban J connectivity index is 1.85. The van der Waals surface area contributed by atoms with E-state index in [1.54, 1.807) is 0 Å². The number of nitro groups is 1. The number of aromatic amines is 1. The molecule has 0 saturated heterocycles. The average molecular weight is 329 g/mol. The number of carbonyl (C=O) groups excluding carboxylic acids is 1. The Hall–Kier alpha value is -3.07. The minimum atomic E-state index is -0.666. The molecule has 0 spiro atoms. The van der Waals surface area contributed by atoms with Gasteiger partial charge in [-0.1, -0.05) is 30.3 Å². The largest absolute Gasteiger partial charge is 0.319 e. The number of aryl methyl sites for hydroxylation is 1. The molecule has 1 aromatic carbocycles. The molecule has 0 aliphatic heterocycles. The molecule has 1 amide bonds. The van der Waals surface area contributed by atoms with E-state index in [0.717, 1.165) is 22.3 Å². The monoisotopic (exact) mass is 329 g/mol. The Morgan fingerprint density at radius 1 is 1.35 bits per heavy atom. The second-order valence-corrected chi connectivity index (χ2v) is 5.83. The van der Waals surface area contributed by atoms with Crippen molar-refractivity contribution in [3.8, 4) is 11.3 Å². The Kier molecular flexibility index (Phi) is 3.85. The van der Waals surface area contributed by atoms with Gasteiger partial charge in [-0.15, -0.1) is 11.3 Å². The standard InChI is InChI=1S/C14H11N5O3S/c1-8-11(9-5-3-2-4-6-9)16-14(23-8)17-13(20)12-10(19(21)22)7-15-18-12/h2-7H,1H3,(H,15,18)(H,16,17,20). The van der Waals surface area contributed by atoms with Gasteiger partial charge in [0.1, 0.15) is 6.20 Å². The zero-order valence-corrected chi connectivity index (χ0v) is 12.8. The molecule has 0 atom stereocenters. The van der Waals surface area contributed by atoms with Crippen molar-refractivity contribution in [2.45, 2.75) is 6.92 Å². The van der Waals surface area contributed by atoms with Crippen molar-refractivity contribution >= 4 is 28.1 Å². The number of rotatable bonds is 4. The smallest absolute Gasteiger partial charge is 0.296 e. The van der Waals surface area contributed by atoms with Gasteiger partial charge in [-0.3, -0.25) is 25.3 Å². The van der Waals surface area contributed by atoms with E-state index in [9.17, 15) is 14.9 Å². The van der Waals surface area contributed by atoms with Gasteiger partial charge in [-0.2, -0.15) is 5.10 Å². The summed E-state index contributed by atoms with van der Waals surface area (Å²) in [5.74, 6) is -0.650. The fourth-order valence-corrected chi connectivity index (χ4v) is 2.89. The number of benzene rings is 1. The predicted molar refractivity (Wildman–Crippen MR) is 85.5 cm³/mol. The number of aromatic nitrogens is 3. The number of carbonyl (C=O) groups is 1. The van der Waals surface area contributed by atoms with E-state index in [4.69, 9.17) is 0 Å². The normalized spacial score (nSPS) is 10.5. The summed E-state index contributed by atoms with van der Waals surface area (Å²) in [6, 6.07) is 9.56. The van der Waals surface area contributed by atoms with Gasteiger partial charge in [0.15, 0.2) is 5.13 Å². The summed E-state index contributed by atoms with van der Waals surface area (Å²) in [6.07, 6.45) is 0.997. The third-order valence-corrected chi connectivity index (χ3v) is 3.99. The van der Waals surface area contributed by atoms with E-state index >= 15 is 0 Å². The minimum Gasteiger partial charge on any atom is -0.296 e. The van der Waals surface area contributed by atoms with Crippen LogP contribution in [0.3, 0.4) is 0 Å². The van der Waals surface area contributed by atoms with Gasteiger partial charge in [-0.05, 0) is 6.92 Å². The highest BCUT2D eigenvalue weighted by atomic mass is 32.1. The first-order valence-electron chi connectivity index (χ1n) is 6.58.